The highest BCUT2D eigenvalue weighted by Gasteiger charge is 2.21. The number of rotatable bonds is 5. The van der Waals surface area contributed by atoms with Crippen LogP contribution >= 0.6 is 11.6 Å². The van der Waals surface area contributed by atoms with Gasteiger partial charge in [-0.2, -0.15) is 5.10 Å². The van der Waals surface area contributed by atoms with Gasteiger partial charge in [-0.25, -0.2) is 0 Å². The molecule has 0 spiro atoms. The molecule has 1 aromatic heterocycles. The van der Waals surface area contributed by atoms with E-state index in [2.05, 4.69) is 5.10 Å². The van der Waals surface area contributed by atoms with Crippen molar-refractivity contribution in [1.82, 2.24) is 9.78 Å². The Morgan fingerprint density at radius 3 is 2.85 bits per heavy atom. The van der Waals surface area contributed by atoms with Crippen LogP contribution in [0.2, 0.25) is 5.02 Å². The molecule has 0 fully saturated rings. The number of aromatic nitrogens is 2. The molecular weight excluding hydrogens is 276 g/mol. The third-order valence-corrected chi connectivity index (χ3v) is 3.83. The second kappa shape index (κ2) is 6.39. The van der Waals surface area contributed by atoms with E-state index < -0.39 is 6.10 Å². The van der Waals surface area contributed by atoms with E-state index >= 15 is 0 Å². The summed E-state index contributed by atoms with van der Waals surface area (Å²) in [6, 6.07) is 5.87. The van der Waals surface area contributed by atoms with Crippen molar-refractivity contribution in [3.05, 3.63) is 51.8 Å². The largest absolute Gasteiger partial charge is 0.383 e. The molecule has 2 rings (SSSR count). The Balaban J connectivity index is 2.40. The van der Waals surface area contributed by atoms with E-state index in [0.717, 1.165) is 16.7 Å². The lowest BCUT2D eigenvalue weighted by atomic mass is 9.97. The summed E-state index contributed by atoms with van der Waals surface area (Å²) >= 11 is 6.18. The van der Waals surface area contributed by atoms with Gasteiger partial charge in [-0.3, -0.25) is 4.68 Å². The molecule has 0 amide bonds. The van der Waals surface area contributed by atoms with Crippen LogP contribution in [0.3, 0.4) is 0 Å². The number of ether oxygens (including phenoxy) is 1. The first-order valence-electron chi connectivity index (χ1n) is 6.50. The van der Waals surface area contributed by atoms with Gasteiger partial charge < -0.3 is 9.84 Å². The van der Waals surface area contributed by atoms with Crippen molar-refractivity contribution in [3.63, 3.8) is 0 Å². The maximum absolute atomic E-state index is 10.7. The minimum Gasteiger partial charge on any atom is -0.383 e. The van der Waals surface area contributed by atoms with Crippen LogP contribution < -0.4 is 0 Å². The topological polar surface area (TPSA) is 47.3 Å². The molecule has 0 aliphatic rings. The van der Waals surface area contributed by atoms with Gasteiger partial charge in [-0.1, -0.05) is 29.8 Å². The van der Waals surface area contributed by atoms with Crippen molar-refractivity contribution in [3.8, 4) is 0 Å². The van der Waals surface area contributed by atoms with E-state index in [1.54, 1.807) is 18.0 Å². The van der Waals surface area contributed by atoms with E-state index in [1.165, 1.54) is 0 Å². The number of nitrogens with zero attached hydrogens (tertiary/aromatic N) is 2. The zero-order chi connectivity index (χ0) is 14.7. The van der Waals surface area contributed by atoms with E-state index in [1.807, 2.05) is 32.0 Å². The van der Waals surface area contributed by atoms with Crippen LogP contribution in [0.25, 0.3) is 0 Å². The van der Waals surface area contributed by atoms with Gasteiger partial charge in [0.25, 0.3) is 0 Å². The van der Waals surface area contributed by atoms with Gasteiger partial charge in [0.05, 0.1) is 30.1 Å². The average molecular weight is 295 g/mol. The van der Waals surface area contributed by atoms with Crippen LogP contribution in [0.4, 0.5) is 0 Å². The van der Waals surface area contributed by atoms with Crippen molar-refractivity contribution in [1.29, 1.82) is 0 Å². The maximum atomic E-state index is 10.7. The van der Waals surface area contributed by atoms with Crippen molar-refractivity contribution in [2.75, 3.05) is 13.7 Å². The lowest BCUT2D eigenvalue weighted by molar-refractivity contribution is 0.171. The second-order valence-corrected chi connectivity index (χ2v) is 5.19. The molecule has 0 aliphatic heterocycles. The van der Waals surface area contributed by atoms with Crippen LogP contribution in [0.5, 0.6) is 0 Å². The maximum Gasteiger partial charge on any atom is 0.122 e. The fourth-order valence-electron chi connectivity index (χ4n) is 2.22. The molecule has 1 heterocycles. The standard InChI is InChI=1S/C15H19ClN2O2/c1-10-5-4-6-12(11(10)2)15(19)14-13(16)9-17-18(14)7-8-20-3/h4-6,9,15,19H,7-8H2,1-3H3. The highest BCUT2D eigenvalue weighted by atomic mass is 35.5. The number of hydrogen-bond donors (Lipinski definition) is 1. The van der Waals surface area contributed by atoms with Crippen LogP contribution in [0, 0.1) is 13.8 Å². The zero-order valence-electron chi connectivity index (χ0n) is 11.9. The molecule has 20 heavy (non-hydrogen) atoms. The number of halogens is 1. The molecule has 1 aromatic carbocycles. The zero-order valence-corrected chi connectivity index (χ0v) is 12.7. The number of methoxy groups -OCH3 is 1. The predicted molar refractivity (Wildman–Crippen MR) is 79.1 cm³/mol. The number of aliphatic hydroxyl groups excluding tert-OH is 1. The van der Waals surface area contributed by atoms with Crippen LogP contribution in [-0.4, -0.2) is 28.6 Å². The third-order valence-electron chi connectivity index (χ3n) is 3.54. The van der Waals surface area contributed by atoms with Gasteiger partial charge in [0.15, 0.2) is 0 Å². The molecule has 0 radical (unpaired) electrons. The lowest BCUT2D eigenvalue weighted by Crippen LogP contribution is -2.14. The van der Waals surface area contributed by atoms with E-state index in [0.29, 0.717) is 23.9 Å². The van der Waals surface area contributed by atoms with Gasteiger partial charge in [-0.05, 0) is 30.5 Å². The summed E-state index contributed by atoms with van der Waals surface area (Å²) in [5, 5.41) is 15.3. The summed E-state index contributed by atoms with van der Waals surface area (Å²) in [4.78, 5) is 0. The highest BCUT2D eigenvalue weighted by molar-refractivity contribution is 6.31. The van der Waals surface area contributed by atoms with E-state index in [4.69, 9.17) is 16.3 Å². The van der Waals surface area contributed by atoms with Crippen LogP contribution in [-0.2, 0) is 11.3 Å². The fraction of sp³-hybridized carbons (Fsp3) is 0.400. The average Bonchev–Trinajstić information content (AvgIpc) is 2.80. The Hall–Kier alpha value is -1.36. The molecule has 4 nitrogen and oxygen atoms in total. The van der Waals surface area contributed by atoms with Crippen molar-refractivity contribution in [2.24, 2.45) is 0 Å². The summed E-state index contributed by atoms with van der Waals surface area (Å²) in [6.45, 7) is 5.10. The second-order valence-electron chi connectivity index (χ2n) is 4.79. The minimum absolute atomic E-state index is 0.467. The first-order valence-corrected chi connectivity index (χ1v) is 6.88. The normalized spacial score (nSPS) is 12.7. The van der Waals surface area contributed by atoms with E-state index in [-0.39, 0.29) is 0 Å². The Kier molecular flexibility index (Phi) is 4.81. The predicted octanol–water partition coefficient (Wildman–Crippen LogP) is 2.88. The summed E-state index contributed by atoms with van der Waals surface area (Å²) in [7, 11) is 1.63. The number of benzene rings is 1. The van der Waals surface area contributed by atoms with Gasteiger partial charge in [0.2, 0.25) is 0 Å². The van der Waals surface area contributed by atoms with Gasteiger partial charge >= 0.3 is 0 Å². The first kappa shape index (κ1) is 15.0. The van der Waals surface area contributed by atoms with Crippen LogP contribution in [0.15, 0.2) is 24.4 Å². The number of aliphatic hydroxyl groups is 1. The Morgan fingerprint density at radius 1 is 1.40 bits per heavy atom. The Labute approximate surface area is 123 Å². The Morgan fingerprint density at radius 2 is 2.15 bits per heavy atom. The number of aryl methyl sites for hydroxylation is 1. The van der Waals surface area contributed by atoms with Crippen molar-refractivity contribution < 1.29 is 9.84 Å². The van der Waals surface area contributed by atoms with Gasteiger partial charge in [0, 0.05) is 7.11 Å². The summed E-state index contributed by atoms with van der Waals surface area (Å²) in [6.07, 6.45) is 0.766. The summed E-state index contributed by atoms with van der Waals surface area (Å²) in [5.74, 6) is 0. The van der Waals surface area contributed by atoms with E-state index in [9.17, 15) is 5.11 Å². The number of hydrogen-bond acceptors (Lipinski definition) is 3. The molecular formula is C15H19ClN2O2. The highest BCUT2D eigenvalue weighted by Crippen LogP contribution is 2.30. The molecule has 1 N–H and O–H groups in total. The quantitative estimate of drug-likeness (QED) is 0.922. The first-order chi connectivity index (χ1) is 9.56. The SMILES string of the molecule is COCCn1ncc(Cl)c1C(O)c1cccc(C)c1C. The third kappa shape index (κ3) is 2.87. The molecule has 0 saturated heterocycles. The fourth-order valence-corrected chi connectivity index (χ4v) is 2.46. The monoisotopic (exact) mass is 294 g/mol. The molecule has 1 atom stereocenters. The molecule has 1 unspecified atom stereocenters. The molecule has 0 aliphatic carbocycles. The molecule has 2 aromatic rings. The molecule has 5 heteroatoms. The lowest BCUT2D eigenvalue weighted by Gasteiger charge is -2.17. The summed E-state index contributed by atoms with van der Waals surface area (Å²) in [5.41, 5.74) is 3.67. The van der Waals surface area contributed by atoms with Gasteiger partial charge in [0.1, 0.15) is 6.10 Å². The van der Waals surface area contributed by atoms with Crippen LogP contribution in [0.1, 0.15) is 28.5 Å². The van der Waals surface area contributed by atoms with Gasteiger partial charge in [-0.15, -0.1) is 0 Å². The molecule has 0 bridgehead atoms. The van der Waals surface area contributed by atoms with Crippen molar-refractivity contribution >= 4 is 11.6 Å². The minimum atomic E-state index is -0.790. The smallest absolute Gasteiger partial charge is 0.122 e. The Bertz CT molecular complexity index is 596. The summed E-state index contributed by atoms with van der Waals surface area (Å²) < 4.78 is 6.75. The molecule has 108 valence electrons. The van der Waals surface area contributed by atoms with Crippen molar-refractivity contribution in [2.45, 2.75) is 26.5 Å². The molecule has 0 saturated carbocycles.